The molecule has 2 N–H and O–H groups in total. The largest absolute Gasteiger partial charge is 0.477 e. The van der Waals surface area contributed by atoms with Crippen LogP contribution in [0, 0.1) is 16.0 Å². The van der Waals surface area contributed by atoms with Crippen molar-refractivity contribution < 1.29 is 24.7 Å². The Morgan fingerprint density at radius 1 is 1.21 bits per heavy atom. The van der Waals surface area contributed by atoms with E-state index in [0.717, 1.165) is 31.6 Å². The van der Waals surface area contributed by atoms with Crippen LogP contribution in [0.25, 0.3) is 0 Å². The van der Waals surface area contributed by atoms with Crippen LogP contribution < -0.4 is 0 Å². The van der Waals surface area contributed by atoms with E-state index < -0.39 is 27.1 Å². The zero-order valence-electron chi connectivity index (χ0n) is 21.3. The molecule has 0 aliphatic carbocycles. The summed E-state index contributed by atoms with van der Waals surface area (Å²) < 4.78 is -0.378. The number of hydrogen-bond acceptors (Lipinski definition) is 9. The summed E-state index contributed by atoms with van der Waals surface area (Å²) in [6.07, 6.45) is 0.372. The van der Waals surface area contributed by atoms with Gasteiger partial charge >= 0.3 is 5.97 Å². The Kier molecular flexibility index (Phi) is 8.29. The number of benzene rings is 2. The van der Waals surface area contributed by atoms with Crippen LogP contribution in [0.5, 0.6) is 0 Å². The Labute approximate surface area is 239 Å². The topological polar surface area (TPSA) is 124 Å². The highest BCUT2D eigenvalue weighted by Crippen LogP contribution is 2.67. The number of aliphatic hydroxyl groups is 1. The number of carboxylic acids is 1. The Morgan fingerprint density at radius 3 is 2.56 bits per heavy atom. The van der Waals surface area contributed by atoms with Crippen molar-refractivity contribution >= 4 is 52.8 Å². The van der Waals surface area contributed by atoms with Crippen molar-refractivity contribution in [2.45, 2.75) is 47.6 Å². The summed E-state index contributed by atoms with van der Waals surface area (Å²) in [6.45, 7) is 4.36. The Morgan fingerprint density at radius 2 is 1.92 bits per heavy atom. The molecule has 2 aromatic carbocycles. The number of thioether (sulfide) groups is 3. The highest BCUT2D eigenvalue weighted by Gasteiger charge is 2.69. The van der Waals surface area contributed by atoms with E-state index in [-0.39, 0.29) is 22.5 Å². The molecule has 3 aliphatic rings. The minimum atomic E-state index is -1.15. The maximum atomic E-state index is 13.3. The molecule has 2 saturated heterocycles. The number of non-ortho nitro benzene ring substituents is 1. The van der Waals surface area contributed by atoms with Gasteiger partial charge in [0.2, 0.25) is 5.91 Å². The summed E-state index contributed by atoms with van der Waals surface area (Å²) in [5.41, 5.74) is 2.03. The molecule has 39 heavy (non-hydrogen) atoms. The van der Waals surface area contributed by atoms with Crippen molar-refractivity contribution in [3.63, 3.8) is 0 Å². The van der Waals surface area contributed by atoms with Crippen LogP contribution in [0.1, 0.15) is 30.9 Å². The van der Waals surface area contributed by atoms with Crippen LogP contribution in [-0.4, -0.2) is 65.5 Å². The minimum absolute atomic E-state index is 0.00716. The minimum Gasteiger partial charge on any atom is -0.477 e. The number of carbonyl (C=O) groups is 2. The number of likely N-dealkylation sites (tertiary alicyclic amines) is 1. The fraction of sp³-hybridized carbons (Fsp3) is 0.407. The van der Waals surface area contributed by atoms with Crippen molar-refractivity contribution in [3.05, 3.63) is 85.8 Å². The van der Waals surface area contributed by atoms with Crippen LogP contribution in [0.4, 0.5) is 5.69 Å². The van der Waals surface area contributed by atoms with Gasteiger partial charge in [0.1, 0.15) is 5.92 Å². The first kappa shape index (κ1) is 28.0. The van der Waals surface area contributed by atoms with E-state index >= 15 is 0 Å². The van der Waals surface area contributed by atoms with E-state index in [0.29, 0.717) is 16.4 Å². The lowest BCUT2D eigenvalue weighted by atomic mass is 9.89. The van der Waals surface area contributed by atoms with Crippen LogP contribution in [-0.2, 0) is 21.9 Å². The average Bonchev–Trinajstić information content (AvgIpc) is 3.48. The third-order valence-corrected chi connectivity index (χ3v) is 11.9. The third-order valence-electron chi connectivity index (χ3n) is 7.20. The molecular formula is C27H29N3O6S3. The van der Waals surface area contributed by atoms with Crippen molar-refractivity contribution in [2.75, 3.05) is 13.1 Å². The molecule has 9 nitrogen and oxygen atoms in total. The van der Waals surface area contributed by atoms with Crippen LogP contribution in [0.2, 0.25) is 0 Å². The zero-order chi connectivity index (χ0) is 27.7. The summed E-state index contributed by atoms with van der Waals surface area (Å²) >= 11 is 4.28. The van der Waals surface area contributed by atoms with E-state index in [1.54, 1.807) is 19.1 Å². The van der Waals surface area contributed by atoms with Gasteiger partial charge < -0.3 is 10.2 Å². The maximum absolute atomic E-state index is 13.3. The molecule has 12 heteroatoms. The number of β-lactam (4-membered cyclic amide) rings is 1. The molecule has 3 aliphatic heterocycles. The standard InChI is InChI=1S/C27H29N3O6S3/c1-2-21(31)22-24(32)29-23(25(33)34)26(38-20-12-13-28(15-20)14-17-6-4-3-5-7-17)39-27(22,29)37-16-18-8-10-19(11-9-18)30(35)36/h3-11,20-22,31H,2,12-16H2,1H3,(H,33,34)/t20?,21-,22+,27+/m0/s1. The number of hydrogen-bond donors (Lipinski definition) is 2. The molecule has 1 unspecified atom stereocenters. The average molecular weight is 588 g/mol. The summed E-state index contributed by atoms with van der Waals surface area (Å²) in [5.74, 6) is -1.88. The lowest BCUT2D eigenvalue weighted by molar-refractivity contribution is -0.384. The zero-order valence-corrected chi connectivity index (χ0v) is 23.7. The molecule has 0 bridgehead atoms. The second kappa shape index (κ2) is 11.5. The lowest BCUT2D eigenvalue weighted by Gasteiger charge is -2.53. The molecular weight excluding hydrogens is 559 g/mol. The predicted molar refractivity (Wildman–Crippen MR) is 154 cm³/mol. The molecule has 3 heterocycles. The number of fused-ring (bicyclic) bond motifs is 1. The van der Waals surface area contributed by atoms with Crippen LogP contribution in [0.3, 0.4) is 0 Å². The number of nitrogens with zero attached hydrogens (tertiary/aromatic N) is 3. The third kappa shape index (κ3) is 5.45. The van der Waals surface area contributed by atoms with Crippen molar-refractivity contribution in [3.8, 4) is 0 Å². The van der Waals surface area contributed by atoms with Crippen molar-refractivity contribution in [1.29, 1.82) is 0 Å². The van der Waals surface area contributed by atoms with Gasteiger partial charge in [0.15, 0.2) is 9.90 Å². The van der Waals surface area contributed by atoms with Gasteiger partial charge in [-0.2, -0.15) is 0 Å². The molecule has 0 spiro atoms. The normalized spacial score (nSPS) is 25.5. The van der Waals surface area contributed by atoms with E-state index in [1.807, 2.05) is 18.2 Å². The number of aliphatic carboxylic acids is 1. The summed E-state index contributed by atoms with van der Waals surface area (Å²) in [7, 11) is 0. The van der Waals surface area contributed by atoms with E-state index in [2.05, 4.69) is 17.0 Å². The Balaban J connectivity index is 1.35. The highest BCUT2D eigenvalue weighted by molar-refractivity contribution is 8.29. The van der Waals surface area contributed by atoms with Gasteiger partial charge in [-0.15, -0.1) is 23.5 Å². The van der Waals surface area contributed by atoms with Gasteiger partial charge in [-0.05, 0) is 30.5 Å². The first-order valence-electron chi connectivity index (χ1n) is 12.7. The second-order valence-corrected chi connectivity index (χ2v) is 14.0. The fourth-order valence-corrected chi connectivity index (χ4v) is 10.6. The van der Waals surface area contributed by atoms with E-state index in [1.165, 1.54) is 57.9 Å². The molecule has 5 rings (SSSR count). The smallest absolute Gasteiger partial charge is 0.354 e. The molecule has 1 amide bonds. The SMILES string of the molecule is CC[C@H](O)[C@@H]1C(=O)N2C(C(=O)O)=C(SC3CCN(Cc4ccccc4)C3)S[C@]12SCc1ccc([N+](=O)[O-])cc1. The maximum Gasteiger partial charge on any atom is 0.354 e. The number of nitro benzene ring substituents is 1. The fourth-order valence-electron chi connectivity index (χ4n) is 5.19. The molecule has 2 aromatic rings. The summed E-state index contributed by atoms with van der Waals surface area (Å²) in [4.78, 5) is 40.0. The van der Waals surface area contributed by atoms with Gasteiger partial charge in [0, 0.05) is 36.2 Å². The number of carbonyl (C=O) groups excluding carboxylic acids is 1. The lowest BCUT2D eigenvalue weighted by Crippen LogP contribution is -2.68. The van der Waals surface area contributed by atoms with Gasteiger partial charge in [-0.1, -0.05) is 61.2 Å². The quantitative estimate of drug-likeness (QED) is 0.217. The summed E-state index contributed by atoms with van der Waals surface area (Å²) in [5, 5.41) is 32.2. The molecule has 2 fully saturated rings. The molecule has 0 saturated carbocycles. The van der Waals surface area contributed by atoms with Gasteiger partial charge in [0.25, 0.3) is 5.69 Å². The number of amides is 1. The summed E-state index contributed by atoms with van der Waals surface area (Å²) in [6, 6.07) is 16.4. The molecule has 0 aromatic heterocycles. The van der Waals surface area contributed by atoms with Crippen molar-refractivity contribution in [1.82, 2.24) is 9.80 Å². The molecule has 4 atom stereocenters. The molecule has 0 radical (unpaired) electrons. The van der Waals surface area contributed by atoms with Gasteiger partial charge in [0.05, 0.1) is 15.3 Å². The number of rotatable bonds is 11. The van der Waals surface area contributed by atoms with E-state index in [9.17, 15) is 29.9 Å². The predicted octanol–water partition coefficient (Wildman–Crippen LogP) is 4.72. The first-order valence-corrected chi connectivity index (χ1v) is 15.4. The molecule has 206 valence electrons. The second-order valence-electron chi connectivity index (χ2n) is 9.76. The number of carboxylic acid groups (broad SMARTS) is 1. The monoisotopic (exact) mass is 587 g/mol. The first-order chi connectivity index (χ1) is 18.7. The van der Waals surface area contributed by atoms with Gasteiger partial charge in [-0.25, -0.2) is 4.79 Å². The Bertz CT molecular complexity index is 1290. The van der Waals surface area contributed by atoms with Crippen LogP contribution in [0.15, 0.2) is 64.5 Å². The van der Waals surface area contributed by atoms with Gasteiger partial charge in [-0.3, -0.25) is 24.7 Å². The van der Waals surface area contributed by atoms with Crippen LogP contribution >= 0.6 is 35.3 Å². The Hall–Kier alpha value is -2.51. The van der Waals surface area contributed by atoms with E-state index in [4.69, 9.17) is 0 Å². The number of aliphatic hydroxyl groups excluding tert-OH is 1. The highest BCUT2D eigenvalue weighted by atomic mass is 32.2. The van der Waals surface area contributed by atoms with Crippen molar-refractivity contribution in [2.24, 2.45) is 5.92 Å². The number of nitro groups is 1.